The Hall–Kier alpha value is -3.59. The Morgan fingerprint density at radius 3 is 2.62 bits per heavy atom. The second kappa shape index (κ2) is 10.1. The van der Waals surface area contributed by atoms with Crippen LogP contribution in [0.15, 0.2) is 54.2 Å². The summed E-state index contributed by atoms with van der Waals surface area (Å²) in [6.07, 6.45) is 4.44. The molecule has 0 heterocycles. The van der Waals surface area contributed by atoms with E-state index in [4.69, 9.17) is 19.6 Å². The summed E-state index contributed by atoms with van der Waals surface area (Å²) < 4.78 is 14.9. The lowest BCUT2D eigenvalue weighted by molar-refractivity contribution is -0.147. The van der Waals surface area contributed by atoms with E-state index >= 15 is 0 Å². The van der Waals surface area contributed by atoms with E-state index < -0.39 is 18.0 Å². The summed E-state index contributed by atoms with van der Waals surface area (Å²) in [5.74, 6) is -0.703. The summed E-state index contributed by atoms with van der Waals surface area (Å²) >= 11 is 0. The monoisotopic (exact) mass is 401 g/mol. The van der Waals surface area contributed by atoms with Crippen molar-refractivity contribution in [2.45, 2.75) is 13.0 Å². The van der Waals surface area contributed by atoms with Crippen LogP contribution in [0.1, 0.15) is 6.92 Å². The number of aromatic hydroxyl groups is 1. The van der Waals surface area contributed by atoms with Crippen LogP contribution in [0.2, 0.25) is 0 Å². The lowest BCUT2D eigenvalue weighted by Crippen LogP contribution is -2.39. The first kappa shape index (κ1) is 21.7. The third kappa shape index (κ3) is 6.22. The molecule has 0 aliphatic heterocycles. The number of phenols is 1. The van der Waals surface area contributed by atoms with E-state index in [9.17, 15) is 14.7 Å². The number of anilines is 1. The first-order valence-electron chi connectivity index (χ1n) is 8.68. The number of nitrogens with one attached hydrogen (secondary N) is 3. The maximum Gasteiger partial charge on any atom is 0.337 e. The van der Waals surface area contributed by atoms with Gasteiger partial charge in [-0.3, -0.25) is 0 Å². The van der Waals surface area contributed by atoms with E-state index in [1.54, 1.807) is 12.1 Å². The van der Waals surface area contributed by atoms with Gasteiger partial charge in [-0.05, 0) is 37.3 Å². The number of esters is 2. The van der Waals surface area contributed by atoms with E-state index in [1.807, 2.05) is 0 Å². The number of hydrazine groups is 1. The van der Waals surface area contributed by atoms with Crippen molar-refractivity contribution in [1.82, 2.24) is 5.43 Å². The van der Waals surface area contributed by atoms with Crippen LogP contribution in [-0.2, 0) is 19.1 Å². The van der Waals surface area contributed by atoms with Crippen LogP contribution < -0.4 is 15.6 Å². The molecule has 1 aliphatic carbocycles. The number of carbonyl (C=O) groups excluding carboxylic acids is 2. The number of ether oxygens (including phenoxy) is 3. The molecule has 1 atom stereocenters. The van der Waals surface area contributed by atoms with Gasteiger partial charge >= 0.3 is 11.9 Å². The van der Waals surface area contributed by atoms with E-state index in [-0.39, 0.29) is 35.8 Å². The molecular weight excluding hydrogens is 378 g/mol. The molecule has 0 spiro atoms. The normalized spacial score (nSPS) is 15.3. The van der Waals surface area contributed by atoms with Crippen LogP contribution in [0.5, 0.6) is 11.5 Å². The number of benzene rings is 1. The highest BCUT2D eigenvalue weighted by molar-refractivity contribution is 6.04. The van der Waals surface area contributed by atoms with Crippen molar-refractivity contribution in [3.63, 3.8) is 0 Å². The number of hydrogen-bond acceptors (Lipinski definition) is 9. The summed E-state index contributed by atoms with van der Waals surface area (Å²) in [4.78, 5) is 23.4. The largest absolute Gasteiger partial charge is 0.506 e. The van der Waals surface area contributed by atoms with E-state index in [1.165, 1.54) is 38.3 Å². The molecule has 0 saturated carbocycles. The first-order valence-corrected chi connectivity index (χ1v) is 8.68. The van der Waals surface area contributed by atoms with Gasteiger partial charge in [0.15, 0.2) is 0 Å². The standard InChI is InChI=1S/C20H23N3O6/c1-12(2)19(25)28-8-9-29-20(26)13-4-6-15(21)17(10-13)23-22-16-7-5-14(27-3)11-18(16)24/h4-7,10-11,17,21-24H,1,8-9H2,2-3H3. The molecule has 4 N–H and O–H groups in total. The van der Waals surface area contributed by atoms with Crippen molar-refractivity contribution in [3.8, 4) is 11.5 Å². The van der Waals surface area contributed by atoms with Gasteiger partial charge in [-0.15, -0.1) is 0 Å². The molecule has 2 rings (SSSR count). The second-order valence-electron chi connectivity index (χ2n) is 6.09. The van der Waals surface area contributed by atoms with Gasteiger partial charge in [-0.1, -0.05) is 6.58 Å². The summed E-state index contributed by atoms with van der Waals surface area (Å²) in [5.41, 5.74) is 6.75. The number of phenolic OH excluding ortho intramolecular Hbond substituents is 1. The Kier molecular flexibility index (Phi) is 7.55. The molecule has 0 amide bonds. The third-order valence-corrected chi connectivity index (χ3v) is 3.82. The maximum atomic E-state index is 12.2. The highest BCUT2D eigenvalue weighted by Gasteiger charge is 2.19. The Morgan fingerprint density at radius 2 is 1.97 bits per heavy atom. The number of methoxy groups -OCH3 is 1. The zero-order valence-electron chi connectivity index (χ0n) is 16.2. The van der Waals surface area contributed by atoms with Crippen LogP contribution >= 0.6 is 0 Å². The number of carbonyl (C=O) groups is 2. The van der Waals surface area contributed by atoms with E-state index in [0.29, 0.717) is 11.4 Å². The van der Waals surface area contributed by atoms with Gasteiger partial charge < -0.3 is 30.2 Å². The number of rotatable bonds is 9. The van der Waals surface area contributed by atoms with E-state index in [0.717, 1.165) is 0 Å². The minimum atomic E-state index is -0.634. The smallest absolute Gasteiger partial charge is 0.337 e. The number of hydrogen-bond donors (Lipinski definition) is 4. The maximum absolute atomic E-state index is 12.2. The van der Waals surface area contributed by atoms with E-state index in [2.05, 4.69) is 17.4 Å². The zero-order valence-corrected chi connectivity index (χ0v) is 16.2. The quantitative estimate of drug-likeness (QED) is 0.162. The molecule has 1 unspecified atom stereocenters. The molecule has 0 saturated heterocycles. The van der Waals surface area contributed by atoms with Crippen LogP contribution in [0.4, 0.5) is 5.69 Å². The predicted octanol–water partition coefficient (Wildman–Crippen LogP) is 1.86. The average Bonchev–Trinajstić information content (AvgIpc) is 2.70. The fourth-order valence-corrected chi connectivity index (χ4v) is 2.24. The van der Waals surface area contributed by atoms with Gasteiger partial charge in [0.25, 0.3) is 0 Å². The van der Waals surface area contributed by atoms with Crippen molar-refractivity contribution in [3.05, 3.63) is 54.2 Å². The van der Waals surface area contributed by atoms with Crippen molar-refractivity contribution >= 4 is 23.3 Å². The van der Waals surface area contributed by atoms with Crippen molar-refractivity contribution < 1.29 is 28.9 Å². The van der Waals surface area contributed by atoms with Crippen molar-refractivity contribution in [2.75, 3.05) is 25.7 Å². The third-order valence-electron chi connectivity index (χ3n) is 3.82. The molecule has 154 valence electrons. The van der Waals surface area contributed by atoms with Gasteiger partial charge in [0.1, 0.15) is 24.7 Å². The lowest BCUT2D eigenvalue weighted by Gasteiger charge is -2.20. The topological polar surface area (TPSA) is 130 Å². The van der Waals surface area contributed by atoms with Crippen LogP contribution in [0.3, 0.4) is 0 Å². The predicted molar refractivity (Wildman–Crippen MR) is 107 cm³/mol. The highest BCUT2D eigenvalue weighted by atomic mass is 16.6. The van der Waals surface area contributed by atoms with Gasteiger partial charge in [0.2, 0.25) is 0 Å². The van der Waals surface area contributed by atoms with Crippen molar-refractivity contribution in [2.24, 2.45) is 0 Å². The molecule has 1 aliphatic rings. The fourth-order valence-electron chi connectivity index (χ4n) is 2.24. The molecule has 0 fully saturated rings. The van der Waals surface area contributed by atoms with Crippen molar-refractivity contribution in [1.29, 1.82) is 5.41 Å². The Bertz CT molecular complexity index is 875. The summed E-state index contributed by atoms with van der Waals surface area (Å²) in [7, 11) is 1.49. The molecule has 9 heteroatoms. The van der Waals surface area contributed by atoms with Gasteiger partial charge in [-0.25, -0.2) is 15.0 Å². The Labute approximate surface area is 168 Å². The zero-order chi connectivity index (χ0) is 21.4. The lowest BCUT2D eigenvalue weighted by atomic mass is 10.0. The molecule has 1 aromatic rings. The molecule has 9 nitrogen and oxygen atoms in total. The Morgan fingerprint density at radius 1 is 1.24 bits per heavy atom. The summed E-state index contributed by atoms with van der Waals surface area (Å²) in [5, 5.41) is 18.0. The fraction of sp³-hybridized carbons (Fsp3) is 0.250. The van der Waals surface area contributed by atoms with Gasteiger partial charge in [0, 0.05) is 11.6 Å². The second-order valence-corrected chi connectivity index (χ2v) is 6.09. The average molecular weight is 401 g/mol. The molecule has 0 radical (unpaired) electrons. The SMILES string of the molecule is C=C(C)C(=O)OCCOC(=O)C1=CC(NNc2ccc(OC)cc2O)C(=N)C=C1. The molecule has 0 bridgehead atoms. The molecule has 1 aromatic carbocycles. The molecule has 0 aromatic heterocycles. The summed E-state index contributed by atoms with van der Waals surface area (Å²) in [6.45, 7) is 4.80. The molecular formula is C20H23N3O6. The first-order chi connectivity index (χ1) is 13.8. The highest BCUT2D eigenvalue weighted by Crippen LogP contribution is 2.27. The Balaban J connectivity index is 1.90. The minimum Gasteiger partial charge on any atom is -0.506 e. The molecule has 29 heavy (non-hydrogen) atoms. The van der Waals surface area contributed by atoms with Crippen LogP contribution in [-0.4, -0.2) is 49.1 Å². The summed E-state index contributed by atoms with van der Waals surface area (Å²) in [6, 6.07) is 4.07. The van der Waals surface area contributed by atoms with Gasteiger partial charge in [0.05, 0.1) is 30.1 Å². The minimum absolute atomic E-state index is 0.0392. The van der Waals surface area contributed by atoms with Crippen LogP contribution in [0.25, 0.3) is 0 Å². The van der Waals surface area contributed by atoms with Crippen LogP contribution in [0, 0.1) is 5.41 Å². The van der Waals surface area contributed by atoms with Gasteiger partial charge in [-0.2, -0.15) is 0 Å².